The average Bonchev–Trinajstić information content (AvgIpc) is 2.54. The number of hydrogen-bond donors (Lipinski definition) is 3. The van der Waals surface area contributed by atoms with Crippen LogP contribution in [0.5, 0.6) is 0 Å². The zero-order valence-electron chi connectivity index (χ0n) is 12.5. The van der Waals surface area contributed by atoms with E-state index in [4.69, 9.17) is 20.9 Å². The molecule has 0 bridgehead atoms. The van der Waals surface area contributed by atoms with Crippen molar-refractivity contribution in [1.82, 2.24) is 4.98 Å². The van der Waals surface area contributed by atoms with Crippen LogP contribution >= 0.6 is 0 Å². The number of pyridine rings is 1. The van der Waals surface area contributed by atoms with Crippen LogP contribution in [0, 0.1) is 0 Å². The number of carbonyl (C=O) groups is 2. The second-order valence-corrected chi connectivity index (χ2v) is 5.18. The number of nitrogens with zero attached hydrogens (tertiary/aromatic N) is 1. The van der Waals surface area contributed by atoms with Crippen LogP contribution < -0.4 is 5.73 Å². The Hall–Kier alpha value is -2.89. The van der Waals surface area contributed by atoms with E-state index in [9.17, 15) is 9.59 Å². The maximum absolute atomic E-state index is 9.55. The van der Waals surface area contributed by atoms with E-state index >= 15 is 0 Å². The average molecular weight is 314 g/mol. The van der Waals surface area contributed by atoms with Crippen molar-refractivity contribution in [2.75, 3.05) is 5.73 Å². The van der Waals surface area contributed by atoms with E-state index in [1.54, 1.807) is 0 Å². The monoisotopic (exact) mass is 314 g/mol. The Bertz CT molecular complexity index is 753. The molecule has 0 spiro atoms. The second-order valence-electron chi connectivity index (χ2n) is 5.18. The summed E-state index contributed by atoms with van der Waals surface area (Å²) in [4.78, 5) is 23.8. The summed E-state index contributed by atoms with van der Waals surface area (Å²) in [6.45, 7) is 0. The van der Waals surface area contributed by atoms with Crippen molar-refractivity contribution in [3.63, 3.8) is 0 Å². The predicted octanol–water partition coefficient (Wildman–Crippen LogP) is 2.41. The zero-order valence-corrected chi connectivity index (χ0v) is 12.5. The highest BCUT2D eigenvalue weighted by molar-refractivity contribution is 5.92. The third kappa shape index (κ3) is 4.29. The number of benzene rings is 1. The van der Waals surface area contributed by atoms with Gasteiger partial charge >= 0.3 is 11.9 Å². The van der Waals surface area contributed by atoms with Crippen molar-refractivity contribution in [2.24, 2.45) is 0 Å². The molecule has 0 atom stereocenters. The lowest BCUT2D eigenvalue weighted by Crippen LogP contribution is -2.09. The summed E-state index contributed by atoms with van der Waals surface area (Å²) < 4.78 is 0. The Labute approximate surface area is 133 Å². The number of carboxylic acid groups (broad SMARTS) is 2. The number of aromatic nitrogens is 1. The van der Waals surface area contributed by atoms with Crippen LogP contribution in [0.3, 0.4) is 0 Å². The van der Waals surface area contributed by atoms with Crippen molar-refractivity contribution in [1.29, 1.82) is 0 Å². The third-order valence-corrected chi connectivity index (χ3v) is 3.58. The lowest BCUT2D eigenvalue weighted by molar-refractivity contribution is -0.134. The van der Waals surface area contributed by atoms with Gasteiger partial charge in [-0.05, 0) is 37.3 Å². The maximum Gasteiger partial charge on any atom is 0.328 e. The second kappa shape index (κ2) is 7.40. The summed E-state index contributed by atoms with van der Waals surface area (Å²) in [6, 6.07) is 8.15. The molecule has 0 unspecified atom stereocenters. The first kappa shape index (κ1) is 16.5. The molecule has 1 aromatic heterocycles. The fourth-order valence-corrected chi connectivity index (χ4v) is 2.55. The molecular formula is C17H18N2O4. The fourth-order valence-electron chi connectivity index (χ4n) is 2.55. The summed E-state index contributed by atoms with van der Waals surface area (Å²) in [5.41, 5.74) is 10.7. The van der Waals surface area contributed by atoms with Crippen LogP contribution in [0.4, 0.5) is 5.69 Å². The van der Waals surface area contributed by atoms with Gasteiger partial charge in [-0.1, -0.05) is 18.2 Å². The third-order valence-electron chi connectivity index (χ3n) is 3.58. The Balaban J connectivity index is 0.000000207. The Morgan fingerprint density at radius 2 is 1.65 bits per heavy atom. The summed E-state index contributed by atoms with van der Waals surface area (Å²) in [7, 11) is 0. The predicted molar refractivity (Wildman–Crippen MR) is 87.2 cm³/mol. The molecule has 0 fully saturated rings. The number of nitrogens with two attached hydrogens (primary N) is 1. The smallest absolute Gasteiger partial charge is 0.328 e. The van der Waals surface area contributed by atoms with Gasteiger partial charge in [-0.3, -0.25) is 4.98 Å². The lowest BCUT2D eigenvalue weighted by Gasteiger charge is -2.18. The van der Waals surface area contributed by atoms with Crippen molar-refractivity contribution < 1.29 is 19.8 Å². The minimum atomic E-state index is -1.26. The molecule has 1 heterocycles. The van der Waals surface area contributed by atoms with Crippen LogP contribution in [0.15, 0.2) is 36.4 Å². The molecule has 1 aliphatic carbocycles. The number of anilines is 1. The molecule has 4 N–H and O–H groups in total. The first-order valence-electron chi connectivity index (χ1n) is 7.29. The van der Waals surface area contributed by atoms with Gasteiger partial charge in [-0.15, -0.1) is 0 Å². The van der Waals surface area contributed by atoms with Crippen molar-refractivity contribution in [3.8, 4) is 0 Å². The number of fused-ring (bicyclic) bond motifs is 2. The lowest BCUT2D eigenvalue weighted by atomic mass is 9.93. The minimum absolute atomic E-state index is 0.558. The number of hydrogen-bond acceptors (Lipinski definition) is 4. The van der Waals surface area contributed by atoms with Gasteiger partial charge in [0, 0.05) is 28.9 Å². The van der Waals surface area contributed by atoms with Crippen molar-refractivity contribution in [3.05, 3.63) is 47.7 Å². The number of carboxylic acids is 2. The normalized spacial score (nSPS) is 13.2. The van der Waals surface area contributed by atoms with Gasteiger partial charge < -0.3 is 15.9 Å². The van der Waals surface area contributed by atoms with Crippen molar-refractivity contribution >= 4 is 28.5 Å². The van der Waals surface area contributed by atoms with Crippen molar-refractivity contribution in [2.45, 2.75) is 25.7 Å². The van der Waals surface area contributed by atoms with Gasteiger partial charge in [0.2, 0.25) is 0 Å². The molecule has 1 aliphatic rings. The highest BCUT2D eigenvalue weighted by Gasteiger charge is 2.15. The molecule has 0 saturated carbocycles. The number of aryl methyl sites for hydroxylation is 1. The molecule has 3 rings (SSSR count). The summed E-state index contributed by atoms with van der Waals surface area (Å²) >= 11 is 0. The molecule has 0 amide bonds. The first-order chi connectivity index (χ1) is 11.0. The standard InChI is InChI=1S/C13H14N2.C4H4O4/c14-13-9-5-1-3-7-11(9)15-12-8-4-2-6-10(12)13;5-3(6)1-2-4(7)8/h1,3,5,7H,2,4,6,8H2,(H2,14,15);1-2H,(H,5,6)(H,7,8)/b;2-1-. The highest BCUT2D eigenvalue weighted by atomic mass is 16.4. The summed E-state index contributed by atoms with van der Waals surface area (Å²) in [6.07, 6.45) is 5.79. The molecule has 120 valence electrons. The summed E-state index contributed by atoms with van der Waals surface area (Å²) in [5, 5.41) is 16.7. The highest BCUT2D eigenvalue weighted by Crippen LogP contribution is 2.30. The number of nitrogen functional groups attached to an aromatic ring is 1. The van der Waals surface area contributed by atoms with Crippen LogP contribution in [0.2, 0.25) is 0 Å². The van der Waals surface area contributed by atoms with E-state index in [-0.39, 0.29) is 0 Å². The number of rotatable bonds is 2. The van der Waals surface area contributed by atoms with Gasteiger partial charge in [-0.25, -0.2) is 9.59 Å². The van der Waals surface area contributed by atoms with Gasteiger partial charge in [0.05, 0.1) is 5.52 Å². The molecule has 6 nitrogen and oxygen atoms in total. The van der Waals surface area contributed by atoms with E-state index in [2.05, 4.69) is 6.07 Å². The molecular weight excluding hydrogens is 296 g/mol. The molecule has 1 aromatic carbocycles. The first-order valence-corrected chi connectivity index (χ1v) is 7.29. The van der Waals surface area contributed by atoms with Gasteiger partial charge in [-0.2, -0.15) is 0 Å². The Morgan fingerprint density at radius 1 is 1.04 bits per heavy atom. The van der Waals surface area contributed by atoms with E-state index in [0.29, 0.717) is 12.2 Å². The number of para-hydroxylation sites is 1. The minimum Gasteiger partial charge on any atom is -0.478 e. The van der Waals surface area contributed by atoms with E-state index in [0.717, 1.165) is 29.4 Å². The Kier molecular flexibility index (Phi) is 5.30. The summed E-state index contributed by atoms with van der Waals surface area (Å²) in [5.74, 6) is -2.51. The van der Waals surface area contributed by atoms with Gasteiger partial charge in [0.25, 0.3) is 0 Å². The van der Waals surface area contributed by atoms with Crippen LogP contribution in [-0.4, -0.2) is 27.1 Å². The molecule has 6 heteroatoms. The largest absolute Gasteiger partial charge is 0.478 e. The SMILES string of the molecule is Nc1c2c(nc3ccccc13)CCCC2.O=C(O)/C=C\C(=O)O. The van der Waals surface area contributed by atoms with E-state index in [1.165, 1.54) is 24.1 Å². The van der Waals surface area contributed by atoms with Crippen LogP contribution in [0.1, 0.15) is 24.1 Å². The van der Waals surface area contributed by atoms with Gasteiger partial charge in [0.15, 0.2) is 0 Å². The topological polar surface area (TPSA) is 114 Å². The number of aliphatic carboxylic acids is 2. The fraction of sp³-hybridized carbons (Fsp3) is 0.235. The maximum atomic E-state index is 9.55. The molecule has 0 aliphatic heterocycles. The quantitative estimate of drug-likeness (QED) is 0.733. The van der Waals surface area contributed by atoms with E-state index in [1.807, 2.05) is 18.2 Å². The molecule has 2 aromatic rings. The van der Waals surface area contributed by atoms with Crippen LogP contribution in [-0.2, 0) is 22.4 Å². The molecule has 0 saturated heterocycles. The Morgan fingerprint density at radius 3 is 2.30 bits per heavy atom. The zero-order chi connectivity index (χ0) is 16.8. The molecule has 23 heavy (non-hydrogen) atoms. The van der Waals surface area contributed by atoms with Crippen LogP contribution in [0.25, 0.3) is 10.9 Å². The van der Waals surface area contributed by atoms with Gasteiger partial charge in [0.1, 0.15) is 0 Å². The molecule has 0 radical (unpaired) electrons. The van der Waals surface area contributed by atoms with E-state index < -0.39 is 11.9 Å².